The van der Waals surface area contributed by atoms with Crippen molar-refractivity contribution in [2.24, 2.45) is 5.41 Å². The summed E-state index contributed by atoms with van der Waals surface area (Å²) in [6.45, 7) is 4.41. The average molecular weight is 392 g/mol. The molecular formula is C28H24O2. The van der Waals surface area contributed by atoms with Crippen molar-refractivity contribution in [3.63, 3.8) is 0 Å². The number of phenols is 2. The topological polar surface area (TPSA) is 40.5 Å². The van der Waals surface area contributed by atoms with E-state index in [2.05, 4.69) is 62.4 Å². The standard InChI is InChI=1S/C28H24O2/c1-27(2)17-15-24-23-5-3-4-6-25(23)28(26(24)16-18-27,19-7-11-21(29)12-8-19)20-9-13-22(30)14-10-20/h3-18,29-30H,1-2H3. The Kier molecular flexibility index (Phi) is 4.01. The summed E-state index contributed by atoms with van der Waals surface area (Å²) in [5, 5.41) is 19.9. The second-order valence-corrected chi connectivity index (χ2v) is 8.70. The van der Waals surface area contributed by atoms with Crippen LogP contribution in [0.1, 0.15) is 36.1 Å². The zero-order valence-corrected chi connectivity index (χ0v) is 17.1. The molecule has 0 amide bonds. The summed E-state index contributed by atoms with van der Waals surface area (Å²) < 4.78 is 0. The lowest BCUT2D eigenvalue weighted by Gasteiger charge is -2.35. The fourth-order valence-electron chi connectivity index (χ4n) is 4.79. The van der Waals surface area contributed by atoms with Gasteiger partial charge in [0.15, 0.2) is 0 Å². The molecule has 2 heteroatoms. The largest absolute Gasteiger partial charge is 0.508 e. The van der Waals surface area contributed by atoms with Crippen LogP contribution in [0, 0.1) is 5.41 Å². The van der Waals surface area contributed by atoms with Gasteiger partial charge in [0.2, 0.25) is 0 Å². The fraction of sp³-hybridized carbons (Fsp3) is 0.143. The minimum Gasteiger partial charge on any atom is -0.508 e. The van der Waals surface area contributed by atoms with Gasteiger partial charge in [-0.2, -0.15) is 0 Å². The maximum absolute atomic E-state index is 9.96. The highest BCUT2D eigenvalue weighted by Crippen LogP contribution is 2.56. The Morgan fingerprint density at radius 1 is 0.633 bits per heavy atom. The first-order chi connectivity index (χ1) is 14.4. The number of benzene rings is 3. The molecule has 0 unspecified atom stereocenters. The van der Waals surface area contributed by atoms with Crippen LogP contribution < -0.4 is 0 Å². The Morgan fingerprint density at radius 2 is 1.17 bits per heavy atom. The van der Waals surface area contributed by atoms with Crippen molar-refractivity contribution in [1.82, 2.24) is 0 Å². The van der Waals surface area contributed by atoms with Crippen LogP contribution in [0.3, 0.4) is 0 Å². The summed E-state index contributed by atoms with van der Waals surface area (Å²) in [5.74, 6) is 0.495. The monoisotopic (exact) mass is 392 g/mol. The molecule has 30 heavy (non-hydrogen) atoms. The number of rotatable bonds is 2. The van der Waals surface area contributed by atoms with Crippen LogP contribution in [0.15, 0.2) is 103 Å². The first kappa shape index (κ1) is 18.5. The maximum atomic E-state index is 9.96. The van der Waals surface area contributed by atoms with Gasteiger partial charge in [-0.3, -0.25) is 0 Å². The molecule has 5 rings (SSSR count). The normalized spacial score (nSPS) is 18.1. The van der Waals surface area contributed by atoms with Crippen molar-refractivity contribution < 1.29 is 10.2 Å². The highest BCUT2D eigenvalue weighted by Gasteiger charge is 2.46. The summed E-state index contributed by atoms with van der Waals surface area (Å²) >= 11 is 0. The Bertz CT molecular complexity index is 1160. The molecule has 0 atom stereocenters. The van der Waals surface area contributed by atoms with E-state index in [0.29, 0.717) is 0 Å². The van der Waals surface area contributed by atoms with Gasteiger partial charge < -0.3 is 10.2 Å². The van der Waals surface area contributed by atoms with E-state index in [1.54, 1.807) is 24.3 Å². The predicted octanol–water partition coefficient (Wildman–Crippen LogP) is 6.35. The van der Waals surface area contributed by atoms with Gasteiger partial charge in [-0.15, -0.1) is 0 Å². The summed E-state index contributed by atoms with van der Waals surface area (Å²) in [6.07, 6.45) is 9.02. The number of phenolic OH excluding ortho intramolecular Hbond substituents is 2. The van der Waals surface area contributed by atoms with Gasteiger partial charge >= 0.3 is 0 Å². The molecule has 0 fully saturated rings. The van der Waals surface area contributed by atoms with Gasteiger partial charge in [-0.05, 0) is 57.7 Å². The Balaban J connectivity index is 1.92. The van der Waals surface area contributed by atoms with E-state index < -0.39 is 5.41 Å². The van der Waals surface area contributed by atoms with Crippen LogP contribution in [0.25, 0.3) is 5.57 Å². The number of aromatic hydroxyl groups is 2. The lowest BCUT2D eigenvalue weighted by molar-refractivity contribution is 0.474. The van der Waals surface area contributed by atoms with Crippen molar-refractivity contribution in [3.8, 4) is 11.5 Å². The first-order valence-corrected chi connectivity index (χ1v) is 10.2. The molecule has 148 valence electrons. The molecule has 0 saturated carbocycles. The number of fused-ring (bicyclic) bond motifs is 2. The van der Waals surface area contributed by atoms with E-state index >= 15 is 0 Å². The zero-order valence-electron chi connectivity index (χ0n) is 17.1. The molecule has 0 heterocycles. The highest BCUT2D eigenvalue weighted by molar-refractivity contribution is 5.92. The Hall–Kier alpha value is -3.52. The van der Waals surface area contributed by atoms with Gasteiger partial charge in [0, 0.05) is 5.41 Å². The SMILES string of the molecule is CC1(C)C=CC2=C(C=C1)C(c1ccc(O)cc1)(c1ccc(O)cc1)c1ccccc12. The quantitative estimate of drug-likeness (QED) is 0.533. The van der Waals surface area contributed by atoms with E-state index in [4.69, 9.17) is 0 Å². The second-order valence-electron chi connectivity index (χ2n) is 8.70. The molecule has 0 aliphatic heterocycles. The summed E-state index contributed by atoms with van der Waals surface area (Å²) in [5.41, 5.74) is 6.44. The lowest BCUT2D eigenvalue weighted by Crippen LogP contribution is -2.29. The molecule has 0 radical (unpaired) electrons. The van der Waals surface area contributed by atoms with Gasteiger partial charge in [-0.25, -0.2) is 0 Å². The third kappa shape index (κ3) is 2.64. The molecule has 0 bridgehead atoms. The van der Waals surface area contributed by atoms with Gasteiger partial charge in [-0.1, -0.05) is 86.7 Å². The number of allylic oxidation sites excluding steroid dienone is 6. The van der Waals surface area contributed by atoms with Gasteiger partial charge in [0.1, 0.15) is 11.5 Å². The Morgan fingerprint density at radius 3 is 1.77 bits per heavy atom. The average Bonchev–Trinajstić information content (AvgIpc) is 2.92. The maximum Gasteiger partial charge on any atom is 0.115 e. The summed E-state index contributed by atoms with van der Waals surface area (Å²) in [7, 11) is 0. The smallest absolute Gasteiger partial charge is 0.115 e. The van der Waals surface area contributed by atoms with Crippen LogP contribution >= 0.6 is 0 Å². The minimum atomic E-state index is -0.533. The van der Waals surface area contributed by atoms with Crippen molar-refractivity contribution >= 4 is 5.57 Å². The van der Waals surface area contributed by atoms with Crippen molar-refractivity contribution in [2.45, 2.75) is 19.3 Å². The molecule has 2 nitrogen and oxygen atoms in total. The third-order valence-corrected chi connectivity index (χ3v) is 6.28. The Labute approximate surface area is 177 Å². The van der Waals surface area contributed by atoms with E-state index in [1.165, 1.54) is 22.3 Å². The predicted molar refractivity (Wildman–Crippen MR) is 122 cm³/mol. The molecule has 2 N–H and O–H groups in total. The van der Waals surface area contributed by atoms with Crippen LogP contribution in [0.2, 0.25) is 0 Å². The van der Waals surface area contributed by atoms with Crippen molar-refractivity contribution in [3.05, 3.63) is 125 Å². The van der Waals surface area contributed by atoms with Crippen LogP contribution in [0.4, 0.5) is 0 Å². The highest BCUT2D eigenvalue weighted by atomic mass is 16.3. The molecule has 0 spiro atoms. The molecule has 0 aromatic heterocycles. The second kappa shape index (κ2) is 6.50. The number of hydrogen-bond acceptors (Lipinski definition) is 2. The lowest BCUT2D eigenvalue weighted by atomic mass is 9.66. The minimum absolute atomic E-state index is 0.0467. The molecule has 3 aromatic carbocycles. The molecule has 3 aromatic rings. The van der Waals surface area contributed by atoms with Crippen LogP contribution in [-0.4, -0.2) is 10.2 Å². The van der Waals surface area contributed by atoms with Gasteiger partial charge in [0.25, 0.3) is 0 Å². The van der Waals surface area contributed by atoms with Crippen molar-refractivity contribution in [2.75, 3.05) is 0 Å². The third-order valence-electron chi connectivity index (χ3n) is 6.28. The fourth-order valence-corrected chi connectivity index (χ4v) is 4.79. The molecule has 0 saturated heterocycles. The summed E-state index contributed by atoms with van der Waals surface area (Å²) in [4.78, 5) is 0. The van der Waals surface area contributed by atoms with Gasteiger partial charge in [0.05, 0.1) is 5.41 Å². The van der Waals surface area contributed by atoms with E-state index in [0.717, 1.165) is 11.1 Å². The van der Waals surface area contributed by atoms with Crippen molar-refractivity contribution in [1.29, 1.82) is 0 Å². The number of hydrogen-bond donors (Lipinski definition) is 2. The van der Waals surface area contributed by atoms with Crippen LogP contribution in [0.5, 0.6) is 11.5 Å². The molecule has 2 aliphatic rings. The van der Waals surface area contributed by atoms with E-state index in [-0.39, 0.29) is 16.9 Å². The first-order valence-electron chi connectivity index (χ1n) is 10.2. The van der Waals surface area contributed by atoms with Crippen LogP contribution in [-0.2, 0) is 5.41 Å². The summed E-state index contributed by atoms with van der Waals surface area (Å²) in [6, 6.07) is 23.5. The molecular weight excluding hydrogens is 368 g/mol. The zero-order chi connectivity index (χ0) is 20.9. The van der Waals surface area contributed by atoms with E-state index in [9.17, 15) is 10.2 Å². The molecule has 2 aliphatic carbocycles. The van der Waals surface area contributed by atoms with E-state index in [1.807, 2.05) is 24.3 Å².